The number of likely N-dealkylation sites (N-methyl/N-ethyl adjacent to an activating group) is 1. The van der Waals surface area contributed by atoms with Gasteiger partial charge in [-0.15, -0.1) is 0 Å². The minimum Gasteiger partial charge on any atom is -0.375 e. The third kappa shape index (κ3) is 8.57. The van der Waals surface area contributed by atoms with Gasteiger partial charge >= 0.3 is 18.4 Å². The van der Waals surface area contributed by atoms with E-state index < -0.39 is 48.1 Å². The molecule has 1 N–H and O–H groups in total. The molecule has 0 saturated heterocycles. The Morgan fingerprint density at radius 3 is 1.86 bits per heavy atom. The van der Waals surface area contributed by atoms with Gasteiger partial charge < -0.3 is 15.0 Å². The first-order chi connectivity index (χ1) is 20.4. The zero-order valence-electron chi connectivity index (χ0n) is 23.1. The van der Waals surface area contributed by atoms with E-state index in [1.807, 2.05) is 60.7 Å². The number of nitrogens with zero attached hydrogens (tertiary/aromatic N) is 2. The Balaban J connectivity index is 1.64. The molecule has 3 aromatic carbocycles. The largest absolute Gasteiger partial charge is 0.416 e. The Hall–Kier alpha value is -4.38. The van der Waals surface area contributed by atoms with Crippen LogP contribution >= 0.6 is 0 Å². The minimum atomic E-state index is -4.98. The summed E-state index contributed by atoms with van der Waals surface area (Å²) in [6.07, 6.45) is -6.73. The molecule has 43 heavy (non-hydrogen) atoms. The fraction of sp³-hybridized carbons (Fsp3) is 0.250. The van der Waals surface area contributed by atoms with E-state index in [1.54, 1.807) is 31.6 Å². The van der Waals surface area contributed by atoms with E-state index in [0.717, 1.165) is 16.7 Å². The van der Waals surface area contributed by atoms with Crippen LogP contribution in [0.4, 0.5) is 31.1 Å². The van der Waals surface area contributed by atoms with Gasteiger partial charge in [-0.3, -0.25) is 4.98 Å². The Kier molecular flexibility index (Phi) is 10.1. The first kappa shape index (κ1) is 31.6. The van der Waals surface area contributed by atoms with Crippen molar-refractivity contribution >= 4 is 6.03 Å². The second kappa shape index (κ2) is 13.7. The molecule has 1 unspecified atom stereocenters. The summed E-state index contributed by atoms with van der Waals surface area (Å²) in [4.78, 5) is 18.8. The average Bonchev–Trinajstić information content (AvgIpc) is 2.99. The Morgan fingerprint density at radius 2 is 1.37 bits per heavy atom. The molecule has 0 fully saturated rings. The number of urea groups is 1. The normalized spacial score (nSPS) is 12.7. The van der Waals surface area contributed by atoms with Crippen molar-refractivity contribution in [1.29, 1.82) is 0 Å². The fourth-order valence-electron chi connectivity index (χ4n) is 4.74. The van der Waals surface area contributed by atoms with Crippen LogP contribution in [0.15, 0.2) is 103 Å². The molecule has 4 rings (SSSR count). The minimum absolute atomic E-state index is 0.0769. The second-order valence-corrected chi connectivity index (χ2v) is 9.93. The van der Waals surface area contributed by atoms with Crippen LogP contribution in [0.1, 0.15) is 39.3 Å². The van der Waals surface area contributed by atoms with E-state index in [0.29, 0.717) is 12.1 Å². The lowest BCUT2D eigenvalue weighted by atomic mass is 9.84. The van der Waals surface area contributed by atoms with E-state index in [2.05, 4.69) is 10.3 Å². The SMILES string of the molecule is CN(C(=O)NCc1cccnc1)C(COCc1cc(C(F)(F)F)cc(C(F)(F)F)c1)C(c1ccccc1)c1ccccc1. The van der Waals surface area contributed by atoms with Gasteiger partial charge in [0.15, 0.2) is 0 Å². The fourth-order valence-corrected chi connectivity index (χ4v) is 4.74. The van der Waals surface area contributed by atoms with E-state index >= 15 is 0 Å². The highest BCUT2D eigenvalue weighted by Crippen LogP contribution is 2.37. The van der Waals surface area contributed by atoms with Crippen LogP contribution < -0.4 is 5.32 Å². The van der Waals surface area contributed by atoms with Crippen molar-refractivity contribution in [1.82, 2.24) is 15.2 Å². The molecule has 4 aromatic rings. The molecular weight excluding hydrogens is 572 g/mol. The number of pyridine rings is 1. The number of ether oxygens (including phenoxy) is 1. The maximum absolute atomic E-state index is 13.4. The molecule has 0 radical (unpaired) electrons. The van der Waals surface area contributed by atoms with Crippen LogP contribution in [0.25, 0.3) is 0 Å². The van der Waals surface area contributed by atoms with Crippen molar-refractivity contribution in [3.05, 3.63) is 137 Å². The van der Waals surface area contributed by atoms with Gasteiger partial charge in [0, 0.05) is 31.9 Å². The van der Waals surface area contributed by atoms with Crippen LogP contribution in [0.5, 0.6) is 0 Å². The first-order valence-corrected chi connectivity index (χ1v) is 13.3. The smallest absolute Gasteiger partial charge is 0.375 e. The third-order valence-electron chi connectivity index (χ3n) is 6.89. The number of halogens is 6. The number of carbonyl (C=O) groups is 1. The number of hydrogen-bond acceptors (Lipinski definition) is 3. The summed E-state index contributed by atoms with van der Waals surface area (Å²) in [5.41, 5.74) is -0.683. The molecule has 0 saturated carbocycles. The van der Waals surface area contributed by atoms with Gasteiger partial charge in [0.05, 0.1) is 30.4 Å². The predicted octanol–water partition coefficient (Wildman–Crippen LogP) is 7.68. The topological polar surface area (TPSA) is 54.5 Å². The summed E-state index contributed by atoms with van der Waals surface area (Å²) in [5, 5.41) is 2.83. The van der Waals surface area contributed by atoms with Gasteiger partial charge in [-0.2, -0.15) is 26.3 Å². The van der Waals surface area contributed by atoms with E-state index in [-0.39, 0.29) is 24.8 Å². The quantitative estimate of drug-likeness (QED) is 0.190. The summed E-state index contributed by atoms with van der Waals surface area (Å²) in [6, 6.07) is 22.3. The first-order valence-electron chi connectivity index (χ1n) is 13.3. The van der Waals surface area contributed by atoms with E-state index in [9.17, 15) is 31.1 Å². The monoisotopic (exact) mass is 601 g/mol. The maximum Gasteiger partial charge on any atom is 0.416 e. The number of alkyl halides is 6. The van der Waals surface area contributed by atoms with Crippen LogP contribution in [-0.2, 0) is 30.2 Å². The molecular formula is C32H29F6N3O2. The molecule has 5 nitrogen and oxygen atoms in total. The number of benzene rings is 3. The van der Waals surface area contributed by atoms with Crippen molar-refractivity contribution in [2.24, 2.45) is 0 Å². The molecule has 0 aliphatic rings. The highest BCUT2D eigenvalue weighted by atomic mass is 19.4. The number of rotatable bonds is 10. The van der Waals surface area contributed by atoms with Gasteiger partial charge in [0.25, 0.3) is 0 Å². The van der Waals surface area contributed by atoms with Crippen LogP contribution in [0.3, 0.4) is 0 Å². The van der Waals surface area contributed by atoms with Crippen molar-refractivity contribution < 1.29 is 35.9 Å². The summed E-state index contributed by atoms with van der Waals surface area (Å²) < 4.78 is 86.2. The van der Waals surface area contributed by atoms with Gasteiger partial charge in [0.1, 0.15) is 0 Å². The lowest BCUT2D eigenvalue weighted by Crippen LogP contribution is -2.48. The van der Waals surface area contributed by atoms with Crippen molar-refractivity contribution in [2.75, 3.05) is 13.7 Å². The Bertz CT molecular complexity index is 1390. The summed E-state index contributed by atoms with van der Waals surface area (Å²) in [5.74, 6) is -0.441. The van der Waals surface area contributed by atoms with Gasteiger partial charge in [0.2, 0.25) is 0 Å². The molecule has 1 aromatic heterocycles. The standard InChI is InChI=1S/C32H29F6N3O2/c1-41(30(42)40-19-22-9-8-14-39-18-22)28(29(24-10-4-2-5-11-24)25-12-6-3-7-13-25)21-43-20-23-15-26(31(33,34)35)17-27(16-23)32(36,37)38/h2-18,28-29H,19-21H2,1H3,(H,40,42). The van der Waals surface area contributed by atoms with Crippen molar-refractivity contribution in [3.63, 3.8) is 0 Å². The zero-order chi connectivity index (χ0) is 31.0. The molecule has 226 valence electrons. The van der Waals surface area contributed by atoms with E-state index in [4.69, 9.17) is 4.74 Å². The summed E-state index contributed by atoms with van der Waals surface area (Å²) in [6.45, 7) is -0.538. The molecule has 1 heterocycles. The molecule has 1 atom stereocenters. The Labute approximate surface area is 245 Å². The highest BCUT2D eigenvalue weighted by molar-refractivity contribution is 5.74. The number of amides is 2. The molecule has 0 aliphatic carbocycles. The number of carbonyl (C=O) groups excluding carboxylic acids is 1. The lowest BCUT2D eigenvalue weighted by molar-refractivity contribution is -0.143. The predicted molar refractivity (Wildman–Crippen MR) is 149 cm³/mol. The maximum atomic E-state index is 13.4. The lowest BCUT2D eigenvalue weighted by Gasteiger charge is -2.35. The molecule has 2 amide bonds. The second-order valence-electron chi connectivity index (χ2n) is 9.93. The van der Waals surface area contributed by atoms with Gasteiger partial charge in [-0.05, 0) is 46.5 Å². The third-order valence-corrected chi connectivity index (χ3v) is 6.89. The summed E-state index contributed by atoms with van der Waals surface area (Å²) >= 11 is 0. The van der Waals surface area contributed by atoms with Gasteiger partial charge in [-0.25, -0.2) is 4.79 Å². The zero-order valence-corrected chi connectivity index (χ0v) is 23.1. The van der Waals surface area contributed by atoms with Crippen molar-refractivity contribution in [2.45, 2.75) is 37.5 Å². The van der Waals surface area contributed by atoms with Gasteiger partial charge in [-0.1, -0.05) is 66.7 Å². The van der Waals surface area contributed by atoms with Crippen molar-refractivity contribution in [3.8, 4) is 0 Å². The number of hydrogen-bond donors (Lipinski definition) is 1. The Morgan fingerprint density at radius 1 is 0.814 bits per heavy atom. The average molecular weight is 602 g/mol. The molecule has 11 heteroatoms. The van der Waals surface area contributed by atoms with Crippen LogP contribution in [0, 0.1) is 0 Å². The number of nitrogens with one attached hydrogen (secondary N) is 1. The molecule has 0 spiro atoms. The molecule has 0 bridgehead atoms. The van der Waals surface area contributed by atoms with E-state index in [1.165, 1.54) is 4.90 Å². The van der Waals surface area contributed by atoms with Crippen LogP contribution in [0.2, 0.25) is 0 Å². The van der Waals surface area contributed by atoms with Crippen LogP contribution in [-0.4, -0.2) is 35.6 Å². The number of aromatic nitrogens is 1. The highest BCUT2D eigenvalue weighted by Gasteiger charge is 2.37. The molecule has 0 aliphatic heterocycles. The summed E-state index contributed by atoms with van der Waals surface area (Å²) in [7, 11) is 1.57.